The molecule has 0 radical (unpaired) electrons. The summed E-state index contributed by atoms with van der Waals surface area (Å²) in [7, 11) is 1.70. The van der Waals surface area contributed by atoms with Gasteiger partial charge >= 0.3 is 5.69 Å². The Kier molecular flexibility index (Phi) is 4.60. The predicted octanol–water partition coefficient (Wildman–Crippen LogP) is 3.21. The molecule has 0 unspecified atom stereocenters. The molecular formula is C23H27N5O2. The van der Waals surface area contributed by atoms with E-state index >= 15 is 0 Å². The molecule has 5 rings (SSSR count). The van der Waals surface area contributed by atoms with Gasteiger partial charge in [-0.25, -0.2) is 4.79 Å². The number of hydrogen-bond acceptors (Lipinski definition) is 3. The van der Waals surface area contributed by atoms with Gasteiger partial charge in [-0.05, 0) is 31.7 Å². The van der Waals surface area contributed by atoms with E-state index < -0.39 is 0 Å². The zero-order valence-electron chi connectivity index (χ0n) is 17.5. The van der Waals surface area contributed by atoms with Gasteiger partial charge in [0.25, 0.3) is 5.56 Å². The van der Waals surface area contributed by atoms with Crippen molar-refractivity contribution in [1.29, 1.82) is 0 Å². The molecule has 3 aromatic heterocycles. The maximum absolute atomic E-state index is 13.4. The van der Waals surface area contributed by atoms with Gasteiger partial charge in [0.15, 0.2) is 11.2 Å². The molecule has 0 spiro atoms. The zero-order valence-corrected chi connectivity index (χ0v) is 17.5. The lowest BCUT2D eigenvalue weighted by Gasteiger charge is -2.24. The van der Waals surface area contributed by atoms with Gasteiger partial charge in [-0.3, -0.25) is 18.3 Å². The molecule has 0 atom stereocenters. The fraction of sp³-hybridized carbons (Fsp3) is 0.435. The summed E-state index contributed by atoms with van der Waals surface area (Å²) in [5.74, 6) is 0.766. The quantitative estimate of drug-likeness (QED) is 0.524. The lowest BCUT2D eigenvalue weighted by Crippen LogP contribution is -2.39. The molecule has 1 fully saturated rings. The molecule has 0 saturated heterocycles. The Morgan fingerprint density at radius 1 is 1.07 bits per heavy atom. The minimum absolute atomic E-state index is 0.266. The highest BCUT2D eigenvalue weighted by Gasteiger charge is 2.24. The van der Waals surface area contributed by atoms with E-state index in [4.69, 9.17) is 4.98 Å². The molecule has 4 aromatic rings. The van der Waals surface area contributed by atoms with Crippen LogP contribution in [0.1, 0.15) is 49.4 Å². The van der Waals surface area contributed by atoms with Crippen molar-refractivity contribution < 1.29 is 0 Å². The van der Waals surface area contributed by atoms with E-state index in [0.717, 1.165) is 29.9 Å². The highest BCUT2D eigenvalue weighted by Crippen LogP contribution is 2.31. The van der Waals surface area contributed by atoms with E-state index in [0.29, 0.717) is 30.2 Å². The number of benzene rings is 1. The molecule has 156 valence electrons. The molecule has 0 N–H and O–H groups in total. The number of hydrogen-bond donors (Lipinski definition) is 0. The Labute approximate surface area is 174 Å². The van der Waals surface area contributed by atoms with Gasteiger partial charge < -0.3 is 4.57 Å². The largest absolute Gasteiger partial charge is 0.332 e. The van der Waals surface area contributed by atoms with E-state index in [-0.39, 0.29) is 11.2 Å². The van der Waals surface area contributed by atoms with Crippen LogP contribution in [0.2, 0.25) is 0 Å². The molecule has 3 heterocycles. The molecule has 0 bridgehead atoms. The second-order valence-electron chi connectivity index (χ2n) is 8.42. The van der Waals surface area contributed by atoms with E-state index in [9.17, 15) is 9.59 Å². The third-order valence-electron chi connectivity index (χ3n) is 6.48. The van der Waals surface area contributed by atoms with Crippen molar-refractivity contribution in [2.45, 2.75) is 58.0 Å². The van der Waals surface area contributed by atoms with Gasteiger partial charge in [0, 0.05) is 31.5 Å². The number of aryl methyl sites for hydroxylation is 3. The normalized spacial score (nSPS) is 15.4. The van der Waals surface area contributed by atoms with Crippen molar-refractivity contribution >= 4 is 16.9 Å². The summed E-state index contributed by atoms with van der Waals surface area (Å²) < 4.78 is 7.00. The van der Waals surface area contributed by atoms with E-state index in [1.165, 1.54) is 28.4 Å². The van der Waals surface area contributed by atoms with Gasteiger partial charge in [-0.2, -0.15) is 4.98 Å². The average Bonchev–Trinajstić information content (AvgIpc) is 3.28. The van der Waals surface area contributed by atoms with Gasteiger partial charge in [-0.15, -0.1) is 0 Å². The minimum Gasteiger partial charge on any atom is -0.311 e. The molecule has 1 aliphatic carbocycles. The van der Waals surface area contributed by atoms with Crippen LogP contribution in [0.25, 0.3) is 16.9 Å². The summed E-state index contributed by atoms with van der Waals surface area (Å²) in [6.45, 7) is 2.42. The highest BCUT2D eigenvalue weighted by atomic mass is 16.2. The third kappa shape index (κ3) is 2.91. The van der Waals surface area contributed by atoms with Crippen molar-refractivity contribution in [1.82, 2.24) is 23.1 Å². The zero-order chi connectivity index (χ0) is 20.8. The predicted molar refractivity (Wildman–Crippen MR) is 117 cm³/mol. The van der Waals surface area contributed by atoms with Gasteiger partial charge in [0.2, 0.25) is 5.78 Å². The Bertz CT molecular complexity index is 1330. The van der Waals surface area contributed by atoms with Crippen molar-refractivity contribution in [2.24, 2.45) is 7.05 Å². The summed E-state index contributed by atoms with van der Waals surface area (Å²) in [5.41, 5.74) is 2.57. The van der Waals surface area contributed by atoms with Crippen molar-refractivity contribution in [3.8, 4) is 0 Å². The number of rotatable bonds is 4. The molecule has 1 aromatic carbocycles. The number of fused-ring (bicyclic) bond motifs is 3. The number of aromatic nitrogens is 5. The number of nitrogens with zero attached hydrogens (tertiary/aromatic N) is 5. The first-order chi connectivity index (χ1) is 14.6. The third-order valence-corrected chi connectivity index (χ3v) is 6.48. The smallest absolute Gasteiger partial charge is 0.311 e. The van der Waals surface area contributed by atoms with E-state index in [2.05, 4.69) is 11.5 Å². The fourth-order valence-corrected chi connectivity index (χ4v) is 4.90. The SMILES string of the molecule is Cc1cn2c3c(=O)n(CCc4ccccc4)c(=O)n(C)c3nc2n1C1CCCCC1. The second-order valence-corrected chi connectivity index (χ2v) is 8.42. The first kappa shape index (κ1) is 18.9. The maximum Gasteiger partial charge on any atom is 0.332 e. The molecule has 1 saturated carbocycles. The molecule has 0 amide bonds. The summed E-state index contributed by atoms with van der Waals surface area (Å²) in [6.07, 6.45) is 8.62. The topological polar surface area (TPSA) is 66.2 Å². The standard InChI is InChI=1S/C23H27N5O2/c1-16-15-27-19-20(24-22(27)28(16)18-11-7-4-8-12-18)25(2)23(30)26(21(19)29)14-13-17-9-5-3-6-10-17/h3,5-6,9-10,15,18H,4,7-8,11-14H2,1-2H3. The Hall–Kier alpha value is -3.09. The molecule has 0 aliphatic heterocycles. The molecular weight excluding hydrogens is 378 g/mol. The van der Waals surface area contributed by atoms with Crippen molar-refractivity contribution in [3.63, 3.8) is 0 Å². The minimum atomic E-state index is -0.315. The van der Waals surface area contributed by atoms with Crippen LogP contribution in [-0.4, -0.2) is 23.1 Å². The van der Waals surface area contributed by atoms with E-state index in [1.807, 2.05) is 40.9 Å². The molecule has 7 heteroatoms. The summed E-state index contributed by atoms with van der Waals surface area (Å²) in [4.78, 5) is 31.1. The van der Waals surface area contributed by atoms with Gasteiger partial charge in [0.05, 0.1) is 0 Å². The lowest BCUT2D eigenvalue weighted by molar-refractivity contribution is 0.355. The van der Waals surface area contributed by atoms with Gasteiger partial charge in [0.1, 0.15) is 0 Å². The van der Waals surface area contributed by atoms with Crippen LogP contribution in [0, 0.1) is 6.92 Å². The first-order valence-corrected chi connectivity index (χ1v) is 10.8. The Morgan fingerprint density at radius 2 is 1.80 bits per heavy atom. The number of imidazole rings is 2. The molecule has 1 aliphatic rings. The summed E-state index contributed by atoms with van der Waals surface area (Å²) >= 11 is 0. The molecule has 30 heavy (non-hydrogen) atoms. The highest BCUT2D eigenvalue weighted by molar-refractivity contribution is 5.75. The van der Waals surface area contributed by atoms with Crippen molar-refractivity contribution in [2.75, 3.05) is 0 Å². The van der Waals surface area contributed by atoms with Crippen LogP contribution >= 0.6 is 0 Å². The van der Waals surface area contributed by atoms with Crippen LogP contribution in [-0.2, 0) is 20.0 Å². The van der Waals surface area contributed by atoms with Crippen molar-refractivity contribution in [3.05, 3.63) is 68.6 Å². The van der Waals surface area contributed by atoms with Gasteiger partial charge in [-0.1, -0.05) is 49.6 Å². The van der Waals surface area contributed by atoms with E-state index in [1.54, 1.807) is 7.05 Å². The van der Waals surface area contributed by atoms with Crippen LogP contribution < -0.4 is 11.2 Å². The fourth-order valence-electron chi connectivity index (χ4n) is 4.90. The average molecular weight is 406 g/mol. The van der Waals surface area contributed by atoms with Crippen LogP contribution in [0.3, 0.4) is 0 Å². The Morgan fingerprint density at radius 3 is 2.53 bits per heavy atom. The second kappa shape index (κ2) is 7.31. The lowest BCUT2D eigenvalue weighted by atomic mass is 9.95. The van der Waals surface area contributed by atoms with Crippen LogP contribution in [0.15, 0.2) is 46.1 Å². The first-order valence-electron chi connectivity index (χ1n) is 10.8. The van der Waals surface area contributed by atoms with Crippen LogP contribution in [0.5, 0.6) is 0 Å². The summed E-state index contributed by atoms with van der Waals surface area (Å²) in [6, 6.07) is 10.3. The summed E-state index contributed by atoms with van der Waals surface area (Å²) in [5, 5.41) is 0. The Balaban J connectivity index is 1.66. The maximum atomic E-state index is 13.4. The monoisotopic (exact) mass is 405 g/mol. The molecule has 7 nitrogen and oxygen atoms in total. The van der Waals surface area contributed by atoms with Crippen LogP contribution in [0.4, 0.5) is 0 Å².